The molecule has 0 heterocycles. The van der Waals surface area contributed by atoms with E-state index in [1.54, 1.807) is 0 Å². The van der Waals surface area contributed by atoms with Gasteiger partial charge in [0.15, 0.2) is 14.8 Å². The minimum atomic E-state index is -4.01. The fraction of sp³-hybridized carbons (Fsp3) is 1.00. The molecule has 0 saturated heterocycles. The SMILES string of the molecule is O=[N+]([O-])CC([N+](=O)[O-])([N+](=O)[O-])[N+](=O)[O-].[K].[K]. The maximum absolute atomic E-state index is 10.1. The van der Waals surface area contributed by atoms with Crippen molar-refractivity contribution in [2.75, 3.05) is 6.54 Å². The molecule has 0 saturated carbocycles. The molecule has 0 atom stereocenters. The standard InChI is InChI=1S/C2H2N4O8.2K/c7-3(8)1-2(4(9)10,5(11)12)6(13)14;;/h1H2;;. The summed E-state index contributed by atoms with van der Waals surface area (Å²) in [5.41, 5.74) is 0. The molecule has 0 aromatic carbocycles. The summed E-state index contributed by atoms with van der Waals surface area (Å²) in [6.07, 6.45) is 0. The minimum absolute atomic E-state index is 0. The van der Waals surface area contributed by atoms with Crippen LogP contribution in [-0.2, 0) is 0 Å². The Balaban J connectivity index is -0.000000845. The van der Waals surface area contributed by atoms with Crippen LogP contribution in [0.5, 0.6) is 0 Å². The molecule has 0 N–H and O–H groups in total. The fourth-order valence-corrected chi connectivity index (χ4v) is 0.546. The van der Waals surface area contributed by atoms with Crippen LogP contribution in [0.15, 0.2) is 0 Å². The van der Waals surface area contributed by atoms with Crippen LogP contribution in [0.4, 0.5) is 0 Å². The summed E-state index contributed by atoms with van der Waals surface area (Å²) in [6.45, 7) is -2.01. The van der Waals surface area contributed by atoms with E-state index >= 15 is 0 Å². The van der Waals surface area contributed by atoms with Crippen molar-refractivity contribution in [3.8, 4) is 0 Å². The zero-order valence-corrected chi connectivity index (χ0v) is 14.5. The van der Waals surface area contributed by atoms with Crippen molar-refractivity contribution in [3.63, 3.8) is 0 Å². The maximum Gasteiger partial charge on any atom is 0.764 e. The summed E-state index contributed by atoms with van der Waals surface area (Å²) in [6, 6.07) is 0. The third kappa shape index (κ3) is 5.02. The van der Waals surface area contributed by atoms with E-state index in [-0.39, 0.29) is 103 Å². The maximum atomic E-state index is 10.1. The van der Waals surface area contributed by atoms with E-state index in [2.05, 4.69) is 0 Å². The summed E-state index contributed by atoms with van der Waals surface area (Å²) < 4.78 is 0. The summed E-state index contributed by atoms with van der Waals surface area (Å²) in [5.74, 6) is -4.01. The monoisotopic (exact) mass is 288 g/mol. The van der Waals surface area contributed by atoms with Gasteiger partial charge >= 0.3 is 12.3 Å². The van der Waals surface area contributed by atoms with Crippen LogP contribution in [0, 0.1) is 40.5 Å². The second-order valence-corrected chi connectivity index (χ2v) is 2.04. The Morgan fingerprint density at radius 2 is 1.00 bits per heavy atom. The normalized spacial score (nSPS) is 9.25. The van der Waals surface area contributed by atoms with Gasteiger partial charge in [0, 0.05) is 108 Å². The first-order valence-electron chi connectivity index (χ1n) is 2.80. The minimum Gasteiger partial charge on any atom is -0.264 e. The Hall–Kier alpha value is 0.873. The molecule has 0 aliphatic carbocycles. The average molecular weight is 288 g/mol. The fourth-order valence-electron chi connectivity index (χ4n) is 0.546. The van der Waals surface area contributed by atoms with Gasteiger partial charge in [-0.25, -0.2) is 0 Å². The molecule has 0 bridgehead atoms. The Bertz CT molecular complexity index is 281. The Labute approximate surface area is 172 Å². The van der Waals surface area contributed by atoms with Gasteiger partial charge in [0.25, 0.3) is 0 Å². The largest absolute Gasteiger partial charge is 0.764 e. The molecule has 0 aromatic rings. The van der Waals surface area contributed by atoms with Crippen molar-refractivity contribution in [1.82, 2.24) is 0 Å². The Kier molecular flexibility index (Phi) is 12.3. The Morgan fingerprint density at radius 3 is 1.06 bits per heavy atom. The number of hydrogen-bond donors (Lipinski definition) is 0. The quantitative estimate of drug-likeness (QED) is 0.241. The van der Waals surface area contributed by atoms with Crippen LogP contribution in [-0.4, -0.2) is 135 Å². The average Bonchev–Trinajstić information content (AvgIpc) is 1.97. The third-order valence-corrected chi connectivity index (χ3v) is 1.22. The second kappa shape index (κ2) is 8.89. The predicted octanol–water partition coefficient (Wildman–Crippen LogP) is -2.01. The molecule has 16 heavy (non-hydrogen) atoms. The molecule has 0 fully saturated rings. The molecule has 0 amide bonds. The molecule has 0 spiro atoms. The first-order chi connectivity index (χ1) is 6.25. The third-order valence-electron chi connectivity index (χ3n) is 1.22. The number of hydrogen-bond acceptors (Lipinski definition) is 8. The zero-order chi connectivity index (χ0) is 11.5. The van der Waals surface area contributed by atoms with E-state index in [1.165, 1.54) is 0 Å². The van der Waals surface area contributed by atoms with Crippen molar-refractivity contribution in [2.45, 2.75) is 5.79 Å². The Morgan fingerprint density at radius 1 is 0.750 bits per heavy atom. The number of rotatable bonds is 5. The van der Waals surface area contributed by atoms with E-state index < -0.39 is 32.0 Å². The van der Waals surface area contributed by atoms with E-state index in [0.717, 1.165) is 0 Å². The molecule has 14 heteroatoms. The van der Waals surface area contributed by atoms with E-state index in [4.69, 9.17) is 0 Å². The van der Waals surface area contributed by atoms with Gasteiger partial charge in [0.05, 0.1) is 0 Å². The molecular weight excluding hydrogens is 286 g/mol. The van der Waals surface area contributed by atoms with Crippen LogP contribution in [0.25, 0.3) is 0 Å². The van der Waals surface area contributed by atoms with Crippen LogP contribution in [0.3, 0.4) is 0 Å². The van der Waals surface area contributed by atoms with Gasteiger partial charge in [-0.05, 0) is 0 Å². The van der Waals surface area contributed by atoms with Gasteiger partial charge in [-0.2, -0.15) is 0 Å². The van der Waals surface area contributed by atoms with Gasteiger partial charge in [0.1, 0.15) is 0 Å². The zero-order valence-electron chi connectivity index (χ0n) is 8.26. The van der Waals surface area contributed by atoms with Crippen molar-refractivity contribution in [2.24, 2.45) is 0 Å². The van der Waals surface area contributed by atoms with Crippen LogP contribution in [0.1, 0.15) is 0 Å². The van der Waals surface area contributed by atoms with Crippen LogP contribution in [0.2, 0.25) is 0 Å². The van der Waals surface area contributed by atoms with Crippen LogP contribution >= 0.6 is 0 Å². The van der Waals surface area contributed by atoms with Crippen molar-refractivity contribution < 1.29 is 19.7 Å². The number of nitrogens with zero attached hydrogens (tertiary/aromatic N) is 4. The first-order valence-corrected chi connectivity index (χ1v) is 2.80. The van der Waals surface area contributed by atoms with Crippen molar-refractivity contribution in [1.29, 1.82) is 0 Å². The molecule has 12 nitrogen and oxygen atoms in total. The number of nitro groups is 4. The molecule has 0 unspecified atom stereocenters. The van der Waals surface area contributed by atoms with Crippen molar-refractivity contribution in [3.05, 3.63) is 40.5 Å². The topological polar surface area (TPSA) is 173 Å². The smallest absolute Gasteiger partial charge is 0.264 e. The van der Waals surface area contributed by atoms with Gasteiger partial charge in [-0.15, -0.1) is 0 Å². The molecule has 0 rings (SSSR count). The summed E-state index contributed by atoms with van der Waals surface area (Å²) >= 11 is 0. The molecule has 0 aliphatic heterocycles. The summed E-state index contributed by atoms with van der Waals surface area (Å²) in [5, 5.41) is 40.0. The first kappa shape index (κ1) is 22.1. The molecular formula is C2H2K2N4O8. The van der Waals surface area contributed by atoms with E-state index in [0.29, 0.717) is 0 Å². The van der Waals surface area contributed by atoms with Gasteiger partial charge < -0.3 is 0 Å². The predicted molar refractivity (Wildman–Crippen MR) is 47.1 cm³/mol. The van der Waals surface area contributed by atoms with Crippen molar-refractivity contribution >= 4 is 103 Å². The molecule has 2 radical (unpaired) electrons. The van der Waals surface area contributed by atoms with Gasteiger partial charge in [-0.1, -0.05) is 0 Å². The summed E-state index contributed by atoms with van der Waals surface area (Å²) in [7, 11) is 0. The van der Waals surface area contributed by atoms with E-state index in [1.807, 2.05) is 0 Å². The summed E-state index contributed by atoms with van der Waals surface area (Å²) in [4.78, 5) is 32.8. The van der Waals surface area contributed by atoms with Gasteiger partial charge in [-0.3, -0.25) is 40.5 Å². The molecule has 0 aliphatic rings. The second-order valence-electron chi connectivity index (χ2n) is 2.04. The van der Waals surface area contributed by atoms with Gasteiger partial charge in [0.2, 0.25) is 0 Å². The van der Waals surface area contributed by atoms with E-state index in [9.17, 15) is 40.5 Å². The van der Waals surface area contributed by atoms with Crippen LogP contribution < -0.4 is 0 Å². The molecule has 0 aromatic heterocycles. The molecule has 80 valence electrons.